The van der Waals surface area contributed by atoms with Crippen LogP contribution in [0.4, 0.5) is 0 Å². The van der Waals surface area contributed by atoms with Crippen LogP contribution in [-0.2, 0) is 14.4 Å². The van der Waals surface area contributed by atoms with Crippen LogP contribution in [0.15, 0.2) is 11.6 Å². The van der Waals surface area contributed by atoms with E-state index in [-0.39, 0.29) is 47.7 Å². The van der Waals surface area contributed by atoms with Crippen molar-refractivity contribution < 1.29 is 14.4 Å². The summed E-state index contributed by atoms with van der Waals surface area (Å²) in [4.78, 5) is 46.1. The normalized spacial score (nSPS) is 22.2. The second kappa shape index (κ2) is 13.6. The Bertz CT molecular complexity index is 783. The zero-order valence-electron chi connectivity index (χ0n) is 24.3. The molecule has 0 aliphatic carbocycles. The van der Waals surface area contributed by atoms with Gasteiger partial charge in [0.15, 0.2) is 0 Å². The Kier molecular flexibility index (Phi) is 11.5. The van der Waals surface area contributed by atoms with Crippen molar-refractivity contribution in [3.05, 3.63) is 11.6 Å². The molecule has 2 saturated heterocycles. The lowest BCUT2D eigenvalue weighted by Gasteiger charge is -2.39. The number of carbonyl (C=O) groups is 3. The fraction of sp³-hybridized carbons (Fsp3) is 0.828. The van der Waals surface area contributed by atoms with E-state index in [1.807, 2.05) is 31.7 Å². The Balaban J connectivity index is 2.16. The zero-order chi connectivity index (χ0) is 27.2. The quantitative estimate of drug-likeness (QED) is 0.480. The maximum Gasteiger partial charge on any atom is 0.249 e. The molecular weight excluding hydrogens is 452 g/mol. The molecule has 3 atom stereocenters. The Hall–Kier alpha value is -1.89. The highest BCUT2D eigenvalue weighted by atomic mass is 16.2. The smallest absolute Gasteiger partial charge is 0.249 e. The molecule has 2 heterocycles. The largest absolute Gasteiger partial charge is 0.343 e. The third-order valence-corrected chi connectivity index (χ3v) is 8.05. The van der Waals surface area contributed by atoms with Crippen molar-refractivity contribution in [1.29, 1.82) is 0 Å². The van der Waals surface area contributed by atoms with E-state index >= 15 is 0 Å². The molecule has 0 spiro atoms. The number of likely N-dealkylation sites (N-methyl/N-ethyl adjacent to an activating group) is 1. The molecule has 2 rings (SSSR count). The van der Waals surface area contributed by atoms with Gasteiger partial charge in [-0.3, -0.25) is 19.3 Å². The van der Waals surface area contributed by atoms with Crippen LogP contribution >= 0.6 is 0 Å². The average Bonchev–Trinajstić information content (AvgIpc) is 2.84. The number of amides is 3. The summed E-state index contributed by atoms with van der Waals surface area (Å²) in [6.45, 7) is 18.9. The van der Waals surface area contributed by atoms with Crippen molar-refractivity contribution in [2.75, 3.05) is 26.7 Å². The number of nitrogens with one attached hydrogen (secondary N) is 1. The summed E-state index contributed by atoms with van der Waals surface area (Å²) in [5, 5.41) is 3.11. The molecule has 0 aromatic rings. The van der Waals surface area contributed by atoms with Gasteiger partial charge in [0, 0.05) is 31.8 Å². The van der Waals surface area contributed by atoms with E-state index < -0.39 is 6.04 Å². The van der Waals surface area contributed by atoms with E-state index in [1.165, 1.54) is 0 Å². The molecule has 7 nitrogen and oxygen atoms in total. The summed E-state index contributed by atoms with van der Waals surface area (Å²) < 4.78 is 0. The van der Waals surface area contributed by atoms with Gasteiger partial charge >= 0.3 is 0 Å². The van der Waals surface area contributed by atoms with Gasteiger partial charge in [0.05, 0.1) is 12.1 Å². The summed E-state index contributed by atoms with van der Waals surface area (Å²) in [6.07, 6.45) is 6.99. The molecule has 206 valence electrons. The first-order valence-electron chi connectivity index (χ1n) is 14.2. The van der Waals surface area contributed by atoms with Gasteiger partial charge in [-0.15, -0.1) is 0 Å². The maximum atomic E-state index is 13.7. The van der Waals surface area contributed by atoms with E-state index in [4.69, 9.17) is 0 Å². The highest BCUT2D eigenvalue weighted by Gasteiger charge is 2.36. The fourth-order valence-electron chi connectivity index (χ4n) is 5.52. The van der Waals surface area contributed by atoms with Crippen molar-refractivity contribution in [2.24, 2.45) is 17.8 Å². The van der Waals surface area contributed by atoms with Gasteiger partial charge in [-0.25, -0.2) is 0 Å². The molecular formula is C29H52N4O3. The molecule has 0 saturated carbocycles. The number of likely N-dealkylation sites (tertiary alicyclic amines) is 2. The second-order valence-electron chi connectivity index (χ2n) is 12.1. The molecule has 3 amide bonds. The average molecular weight is 505 g/mol. The summed E-state index contributed by atoms with van der Waals surface area (Å²) in [6, 6.07) is -0.736. The summed E-state index contributed by atoms with van der Waals surface area (Å²) in [5.74, 6) is 0.651. The van der Waals surface area contributed by atoms with Crippen LogP contribution in [0, 0.1) is 17.8 Å². The highest BCUT2D eigenvalue weighted by molar-refractivity contribution is 5.93. The number of rotatable bonds is 9. The van der Waals surface area contributed by atoms with Crippen LogP contribution in [-0.4, -0.2) is 83.3 Å². The van der Waals surface area contributed by atoms with Gasteiger partial charge in [-0.2, -0.15) is 0 Å². The zero-order valence-corrected chi connectivity index (χ0v) is 24.3. The number of carbonyl (C=O) groups excluding carboxylic acids is 3. The summed E-state index contributed by atoms with van der Waals surface area (Å²) >= 11 is 0. The maximum absolute atomic E-state index is 13.7. The Morgan fingerprint density at radius 3 is 2.06 bits per heavy atom. The third-order valence-electron chi connectivity index (χ3n) is 8.05. The van der Waals surface area contributed by atoms with Crippen molar-refractivity contribution in [3.63, 3.8) is 0 Å². The van der Waals surface area contributed by atoms with E-state index in [9.17, 15) is 14.4 Å². The van der Waals surface area contributed by atoms with Gasteiger partial charge < -0.3 is 15.1 Å². The van der Waals surface area contributed by atoms with Gasteiger partial charge in [0.2, 0.25) is 17.7 Å². The molecule has 2 fully saturated rings. The predicted molar refractivity (Wildman–Crippen MR) is 146 cm³/mol. The lowest BCUT2D eigenvalue weighted by Crippen LogP contribution is -2.58. The molecule has 1 unspecified atom stereocenters. The number of piperidine rings is 2. The topological polar surface area (TPSA) is 73.0 Å². The van der Waals surface area contributed by atoms with Crippen molar-refractivity contribution in [3.8, 4) is 0 Å². The van der Waals surface area contributed by atoms with Crippen LogP contribution in [0.5, 0.6) is 0 Å². The van der Waals surface area contributed by atoms with Gasteiger partial charge in [0.1, 0.15) is 6.04 Å². The molecule has 36 heavy (non-hydrogen) atoms. The summed E-state index contributed by atoms with van der Waals surface area (Å²) in [7, 11) is 1.80. The standard InChI is InChI=1S/C29H52N4O3/c1-19(2)25(18-23(8)28(35)32-16-13-22(7)14-17-32)31(9)29(36)26(20(3)4)30-27(34)24-12-10-11-15-33(24)21(5)6/h18-22,24-26H,10-17H2,1-9H3,(H,30,34)/b23-18+/t24?,25-,26+/m1/s1. The van der Waals surface area contributed by atoms with E-state index in [0.717, 1.165) is 51.7 Å². The molecule has 0 aromatic carbocycles. The first-order chi connectivity index (χ1) is 16.8. The van der Waals surface area contributed by atoms with Crippen LogP contribution in [0.2, 0.25) is 0 Å². The van der Waals surface area contributed by atoms with Crippen molar-refractivity contribution in [2.45, 2.75) is 112 Å². The minimum absolute atomic E-state index is 0.0464. The molecule has 0 aromatic heterocycles. The minimum atomic E-state index is -0.604. The number of nitrogens with zero attached hydrogens (tertiary/aromatic N) is 3. The lowest BCUT2D eigenvalue weighted by molar-refractivity contribution is -0.140. The second-order valence-corrected chi connectivity index (χ2v) is 12.1. The Labute approximate surface area is 220 Å². The highest BCUT2D eigenvalue weighted by Crippen LogP contribution is 2.22. The van der Waals surface area contributed by atoms with E-state index in [0.29, 0.717) is 11.5 Å². The van der Waals surface area contributed by atoms with Crippen LogP contribution < -0.4 is 5.32 Å². The first-order valence-corrected chi connectivity index (χ1v) is 14.2. The Morgan fingerprint density at radius 1 is 0.917 bits per heavy atom. The van der Waals surface area contributed by atoms with Crippen molar-refractivity contribution >= 4 is 17.7 Å². The van der Waals surface area contributed by atoms with E-state index in [1.54, 1.807) is 11.9 Å². The minimum Gasteiger partial charge on any atom is -0.343 e. The molecule has 1 N–H and O–H groups in total. The first kappa shape index (κ1) is 30.3. The molecule has 0 bridgehead atoms. The van der Waals surface area contributed by atoms with Crippen LogP contribution in [0.25, 0.3) is 0 Å². The lowest BCUT2D eigenvalue weighted by atomic mass is 9.95. The molecule has 7 heteroatoms. The van der Waals surface area contributed by atoms with Gasteiger partial charge in [-0.05, 0) is 70.8 Å². The third kappa shape index (κ3) is 7.80. The fourth-order valence-corrected chi connectivity index (χ4v) is 5.52. The van der Waals surface area contributed by atoms with E-state index in [2.05, 4.69) is 44.8 Å². The van der Waals surface area contributed by atoms with Gasteiger partial charge in [-0.1, -0.05) is 47.1 Å². The predicted octanol–water partition coefficient (Wildman–Crippen LogP) is 4.08. The molecule has 0 radical (unpaired) electrons. The SMILES string of the molecule is C/C(=C\[C@H](C(C)C)N(C)C(=O)[C@@H](NC(=O)C1CCCCN1C(C)C)C(C)C)C(=O)N1CCC(C)CC1. The van der Waals surface area contributed by atoms with Crippen LogP contribution in [0.3, 0.4) is 0 Å². The van der Waals surface area contributed by atoms with Crippen LogP contribution in [0.1, 0.15) is 87.5 Å². The summed E-state index contributed by atoms with van der Waals surface area (Å²) in [5.41, 5.74) is 0.683. The van der Waals surface area contributed by atoms with Gasteiger partial charge in [0.25, 0.3) is 0 Å². The Morgan fingerprint density at radius 2 is 1.53 bits per heavy atom. The molecule has 2 aliphatic heterocycles. The monoisotopic (exact) mass is 504 g/mol. The molecule has 2 aliphatic rings. The number of hydrogen-bond donors (Lipinski definition) is 1. The number of hydrogen-bond acceptors (Lipinski definition) is 4. The van der Waals surface area contributed by atoms with Crippen molar-refractivity contribution in [1.82, 2.24) is 20.0 Å².